The largest absolute Gasteiger partial charge is 0.366 e. The Morgan fingerprint density at radius 1 is 1.07 bits per heavy atom. The molecule has 2 saturated carbocycles. The van der Waals surface area contributed by atoms with E-state index in [1.165, 1.54) is 38.5 Å². The highest BCUT2D eigenvalue weighted by atomic mass is 28.3. The predicted octanol–water partition coefficient (Wildman–Crippen LogP) is 3.57. The molecule has 0 aromatic heterocycles. The number of epoxide rings is 1. The molecule has 2 atom stereocenters. The van der Waals surface area contributed by atoms with Crippen molar-refractivity contribution in [2.24, 2.45) is 0 Å². The van der Waals surface area contributed by atoms with Crippen LogP contribution in [-0.2, 0) is 4.74 Å². The Balaban J connectivity index is 1.89. The Kier molecular flexibility index (Phi) is 1.65. The molecular weight excluding hydrogens is 188 g/mol. The van der Waals surface area contributed by atoms with Gasteiger partial charge in [0.25, 0.3) is 0 Å². The van der Waals surface area contributed by atoms with Gasteiger partial charge in [-0.2, -0.15) is 0 Å². The third kappa shape index (κ3) is 0.942. The highest BCUT2D eigenvalue weighted by Crippen LogP contribution is 2.77. The molecule has 0 unspecified atom stereocenters. The van der Waals surface area contributed by atoms with Crippen LogP contribution in [0.2, 0.25) is 24.7 Å². The van der Waals surface area contributed by atoms with E-state index in [2.05, 4.69) is 19.6 Å². The molecule has 0 radical (unpaired) electrons. The lowest BCUT2D eigenvalue weighted by molar-refractivity contribution is 0.260. The fraction of sp³-hybridized carbons (Fsp3) is 1.00. The van der Waals surface area contributed by atoms with Crippen LogP contribution in [0, 0.1) is 0 Å². The minimum absolute atomic E-state index is 0.399. The van der Waals surface area contributed by atoms with E-state index in [9.17, 15) is 0 Å². The average molecular weight is 210 g/mol. The SMILES string of the molecule is C[Si](C)(C)C1([C@@]23CCCC[C@@H]2O3)CC1. The third-order valence-corrected chi connectivity index (χ3v) is 8.87. The second kappa shape index (κ2) is 2.46. The van der Waals surface area contributed by atoms with Crippen LogP contribution in [-0.4, -0.2) is 19.8 Å². The Labute approximate surface area is 88.2 Å². The molecular formula is C12H22OSi. The molecule has 2 heteroatoms. The van der Waals surface area contributed by atoms with Crippen LogP contribution in [0.5, 0.6) is 0 Å². The van der Waals surface area contributed by atoms with Crippen LogP contribution in [0.15, 0.2) is 0 Å². The summed E-state index contributed by atoms with van der Waals surface area (Å²) in [5.41, 5.74) is 0.399. The van der Waals surface area contributed by atoms with Gasteiger partial charge in [0, 0.05) is 0 Å². The number of rotatable bonds is 2. The number of hydrogen-bond acceptors (Lipinski definition) is 1. The van der Waals surface area contributed by atoms with E-state index in [0.29, 0.717) is 16.7 Å². The molecule has 0 bridgehead atoms. The van der Waals surface area contributed by atoms with Gasteiger partial charge >= 0.3 is 0 Å². The number of ether oxygens (including phenoxy) is 1. The van der Waals surface area contributed by atoms with Crippen molar-refractivity contribution in [2.75, 3.05) is 0 Å². The zero-order valence-electron chi connectivity index (χ0n) is 9.73. The summed E-state index contributed by atoms with van der Waals surface area (Å²) < 4.78 is 6.15. The van der Waals surface area contributed by atoms with E-state index in [-0.39, 0.29) is 0 Å². The summed E-state index contributed by atoms with van der Waals surface area (Å²) in [6.45, 7) is 7.63. The maximum Gasteiger partial charge on any atom is 0.0980 e. The molecule has 2 aliphatic carbocycles. The minimum Gasteiger partial charge on any atom is -0.366 e. The van der Waals surface area contributed by atoms with Gasteiger partial charge < -0.3 is 4.74 Å². The molecule has 1 aliphatic heterocycles. The normalized spacial score (nSPS) is 44.4. The second-order valence-electron chi connectivity index (χ2n) is 6.57. The minimum atomic E-state index is -1.02. The topological polar surface area (TPSA) is 12.5 Å². The van der Waals surface area contributed by atoms with Crippen molar-refractivity contribution in [3.05, 3.63) is 0 Å². The van der Waals surface area contributed by atoms with Crippen LogP contribution in [0.25, 0.3) is 0 Å². The molecule has 0 aromatic carbocycles. The van der Waals surface area contributed by atoms with Crippen LogP contribution >= 0.6 is 0 Å². The molecule has 1 heterocycles. The Bertz CT molecular complexity index is 264. The van der Waals surface area contributed by atoms with Crippen LogP contribution in [0.4, 0.5) is 0 Å². The monoisotopic (exact) mass is 210 g/mol. The molecule has 1 saturated heterocycles. The van der Waals surface area contributed by atoms with Gasteiger partial charge in [0.05, 0.1) is 19.8 Å². The summed E-state index contributed by atoms with van der Waals surface area (Å²) in [7, 11) is -1.02. The molecule has 14 heavy (non-hydrogen) atoms. The first-order chi connectivity index (χ1) is 6.52. The molecule has 3 aliphatic rings. The quantitative estimate of drug-likeness (QED) is 0.501. The van der Waals surface area contributed by atoms with E-state index < -0.39 is 8.07 Å². The number of fused-ring (bicyclic) bond motifs is 1. The fourth-order valence-electron chi connectivity index (χ4n) is 4.04. The van der Waals surface area contributed by atoms with Crippen LogP contribution in [0.3, 0.4) is 0 Å². The molecule has 0 N–H and O–H groups in total. The lowest BCUT2D eigenvalue weighted by Crippen LogP contribution is -2.42. The zero-order chi connectivity index (χ0) is 10.0. The van der Waals surface area contributed by atoms with Crippen LogP contribution < -0.4 is 0 Å². The first-order valence-electron chi connectivity index (χ1n) is 6.20. The maximum atomic E-state index is 6.15. The predicted molar refractivity (Wildman–Crippen MR) is 61.3 cm³/mol. The van der Waals surface area contributed by atoms with Gasteiger partial charge in [-0.15, -0.1) is 0 Å². The molecule has 0 amide bonds. The first-order valence-corrected chi connectivity index (χ1v) is 9.70. The van der Waals surface area contributed by atoms with Crippen molar-refractivity contribution >= 4 is 8.07 Å². The van der Waals surface area contributed by atoms with Gasteiger partial charge in [-0.1, -0.05) is 32.5 Å². The van der Waals surface area contributed by atoms with Crippen molar-refractivity contribution in [1.82, 2.24) is 0 Å². The van der Waals surface area contributed by atoms with E-state index in [4.69, 9.17) is 4.74 Å². The lowest BCUT2D eigenvalue weighted by atomic mass is 9.85. The molecule has 3 fully saturated rings. The zero-order valence-corrected chi connectivity index (χ0v) is 10.7. The van der Waals surface area contributed by atoms with Gasteiger partial charge in [-0.3, -0.25) is 0 Å². The van der Waals surface area contributed by atoms with Crippen molar-refractivity contribution in [3.63, 3.8) is 0 Å². The first kappa shape index (κ1) is 9.41. The second-order valence-corrected chi connectivity index (χ2v) is 12.0. The van der Waals surface area contributed by atoms with E-state index >= 15 is 0 Å². The van der Waals surface area contributed by atoms with E-state index in [0.717, 1.165) is 0 Å². The van der Waals surface area contributed by atoms with Crippen molar-refractivity contribution in [1.29, 1.82) is 0 Å². The summed E-state index contributed by atoms with van der Waals surface area (Å²) in [5.74, 6) is 0. The summed E-state index contributed by atoms with van der Waals surface area (Å²) >= 11 is 0. The standard InChI is InChI=1S/C12H22OSi/c1-14(2,3)11(8-9-11)12-7-5-4-6-10(12)13-12/h10H,4-9H2,1-3H3/t10-,12+/m0/s1. The summed E-state index contributed by atoms with van der Waals surface area (Å²) in [6.07, 6.45) is 9.18. The summed E-state index contributed by atoms with van der Waals surface area (Å²) in [4.78, 5) is 0. The molecule has 3 rings (SSSR count). The van der Waals surface area contributed by atoms with Gasteiger partial charge in [0.15, 0.2) is 0 Å². The Hall–Kier alpha value is 0.177. The highest BCUT2D eigenvalue weighted by Gasteiger charge is 2.76. The van der Waals surface area contributed by atoms with Gasteiger partial charge in [0.2, 0.25) is 0 Å². The molecule has 80 valence electrons. The van der Waals surface area contributed by atoms with Crippen molar-refractivity contribution < 1.29 is 4.74 Å². The third-order valence-electron chi connectivity index (χ3n) is 5.08. The fourth-order valence-corrected chi connectivity index (χ4v) is 7.28. The number of hydrogen-bond donors (Lipinski definition) is 0. The Morgan fingerprint density at radius 2 is 1.79 bits per heavy atom. The molecule has 1 nitrogen and oxygen atoms in total. The molecule has 0 aromatic rings. The van der Waals surface area contributed by atoms with Crippen molar-refractivity contribution in [2.45, 2.75) is 74.9 Å². The highest BCUT2D eigenvalue weighted by molar-refractivity contribution is 6.80. The molecule has 0 spiro atoms. The summed E-state index contributed by atoms with van der Waals surface area (Å²) in [5, 5.41) is 0.686. The maximum absolute atomic E-state index is 6.15. The van der Waals surface area contributed by atoms with Gasteiger partial charge in [-0.05, 0) is 30.7 Å². The van der Waals surface area contributed by atoms with Gasteiger partial charge in [0.1, 0.15) is 0 Å². The Morgan fingerprint density at radius 3 is 2.29 bits per heavy atom. The van der Waals surface area contributed by atoms with Crippen LogP contribution in [0.1, 0.15) is 38.5 Å². The summed E-state index contributed by atoms with van der Waals surface area (Å²) in [6, 6.07) is 0. The van der Waals surface area contributed by atoms with Gasteiger partial charge in [-0.25, -0.2) is 0 Å². The van der Waals surface area contributed by atoms with E-state index in [1.54, 1.807) is 0 Å². The lowest BCUT2D eigenvalue weighted by Gasteiger charge is -2.36. The van der Waals surface area contributed by atoms with Crippen molar-refractivity contribution in [3.8, 4) is 0 Å². The van der Waals surface area contributed by atoms with E-state index in [1.807, 2.05) is 0 Å². The average Bonchev–Trinajstić information content (AvgIpc) is 2.97. The smallest absolute Gasteiger partial charge is 0.0980 e.